The number of hydrogen-bond acceptors (Lipinski definition) is 5. The molecule has 128 valence electrons. The lowest BCUT2D eigenvalue weighted by atomic mass is 10.2. The minimum absolute atomic E-state index is 0.0106. The van der Waals surface area contributed by atoms with Crippen LogP contribution >= 0.6 is 11.8 Å². The van der Waals surface area contributed by atoms with Crippen LogP contribution in [0.1, 0.15) is 6.92 Å². The van der Waals surface area contributed by atoms with Crippen LogP contribution in [0.2, 0.25) is 0 Å². The number of fused-ring (bicyclic) bond motifs is 2. The van der Waals surface area contributed by atoms with Gasteiger partial charge in [-0.2, -0.15) is 0 Å². The van der Waals surface area contributed by atoms with Crippen LogP contribution in [0.25, 0.3) is 0 Å². The third-order valence-electron chi connectivity index (χ3n) is 3.51. The second-order valence-corrected chi connectivity index (χ2v) is 6.49. The standard InChI is InChI=1S/C19H17NO4S/c1-13(2)18(21)23-11-12-24-19(22)20-14-7-3-5-9-16(14)25-17-10-6-4-8-15(17)20/h3-10H,1,11-12H2,2H3. The minimum atomic E-state index is -0.508. The van der Waals surface area contributed by atoms with Gasteiger partial charge in [-0.1, -0.05) is 42.6 Å². The Morgan fingerprint density at radius 2 is 1.48 bits per heavy atom. The van der Waals surface area contributed by atoms with Gasteiger partial charge in [0, 0.05) is 15.4 Å². The molecule has 2 aromatic rings. The number of carbonyl (C=O) groups excluding carboxylic acids is 2. The number of benzene rings is 2. The fourth-order valence-electron chi connectivity index (χ4n) is 2.35. The molecular formula is C19H17NO4S. The van der Waals surface area contributed by atoms with Crippen molar-refractivity contribution in [1.82, 2.24) is 0 Å². The Labute approximate surface area is 150 Å². The normalized spacial score (nSPS) is 12.0. The molecule has 0 fully saturated rings. The van der Waals surface area contributed by atoms with Gasteiger partial charge in [-0.25, -0.2) is 14.5 Å². The van der Waals surface area contributed by atoms with Gasteiger partial charge in [0.1, 0.15) is 13.2 Å². The van der Waals surface area contributed by atoms with E-state index < -0.39 is 12.1 Å². The zero-order valence-electron chi connectivity index (χ0n) is 13.7. The van der Waals surface area contributed by atoms with E-state index in [-0.39, 0.29) is 13.2 Å². The zero-order chi connectivity index (χ0) is 17.8. The minimum Gasteiger partial charge on any atom is -0.459 e. The van der Waals surface area contributed by atoms with Gasteiger partial charge in [0.15, 0.2) is 0 Å². The van der Waals surface area contributed by atoms with Gasteiger partial charge >= 0.3 is 12.1 Å². The number of rotatable bonds is 4. The van der Waals surface area contributed by atoms with Gasteiger partial charge in [0.25, 0.3) is 0 Å². The lowest BCUT2D eigenvalue weighted by Crippen LogP contribution is -2.30. The highest BCUT2D eigenvalue weighted by Crippen LogP contribution is 2.47. The van der Waals surface area contributed by atoms with Crippen LogP contribution in [0.15, 0.2) is 70.5 Å². The van der Waals surface area contributed by atoms with Crippen molar-refractivity contribution in [2.24, 2.45) is 0 Å². The smallest absolute Gasteiger partial charge is 0.419 e. The number of nitrogens with zero attached hydrogens (tertiary/aromatic N) is 1. The molecule has 1 aliphatic heterocycles. The molecule has 3 rings (SSSR count). The second kappa shape index (κ2) is 7.44. The molecule has 1 amide bonds. The Kier molecular flexibility index (Phi) is 5.09. The summed E-state index contributed by atoms with van der Waals surface area (Å²) in [5.41, 5.74) is 1.85. The Morgan fingerprint density at radius 1 is 0.960 bits per heavy atom. The third kappa shape index (κ3) is 3.69. The van der Waals surface area contributed by atoms with Crippen LogP contribution in [-0.2, 0) is 14.3 Å². The van der Waals surface area contributed by atoms with Crippen LogP contribution in [0.5, 0.6) is 0 Å². The van der Waals surface area contributed by atoms with E-state index >= 15 is 0 Å². The van der Waals surface area contributed by atoms with Crippen molar-refractivity contribution in [2.45, 2.75) is 16.7 Å². The van der Waals surface area contributed by atoms with Gasteiger partial charge in [-0.3, -0.25) is 0 Å². The van der Waals surface area contributed by atoms with E-state index in [0.717, 1.165) is 21.2 Å². The predicted octanol–water partition coefficient (Wildman–Crippen LogP) is 4.55. The quantitative estimate of drug-likeness (QED) is 0.458. The maximum absolute atomic E-state index is 12.6. The first-order chi connectivity index (χ1) is 12.1. The molecule has 0 saturated carbocycles. The first-order valence-electron chi connectivity index (χ1n) is 7.73. The molecule has 0 N–H and O–H groups in total. The van der Waals surface area contributed by atoms with E-state index in [1.54, 1.807) is 23.6 Å². The molecule has 2 aromatic carbocycles. The second-order valence-electron chi connectivity index (χ2n) is 5.40. The van der Waals surface area contributed by atoms with Crippen molar-refractivity contribution in [3.8, 4) is 0 Å². The summed E-state index contributed by atoms with van der Waals surface area (Å²) in [6, 6.07) is 15.3. The molecule has 1 heterocycles. The molecule has 0 atom stereocenters. The average molecular weight is 355 g/mol. The average Bonchev–Trinajstić information content (AvgIpc) is 2.62. The van der Waals surface area contributed by atoms with Crippen LogP contribution in [0, 0.1) is 0 Å². The van der Waals surface area contributed by atoms with Gasteiger partial charge in [0.05, 0.1) is 11.4 Å². The van der Waals surface area contributed by atoms with Gasteiger partial charge in [-0.15, -0.1) is 0 Å². The van der Waals surface area contributed by atoms with E-state index in [9.17, 15) is 9.59 Å². The Hall–Kier alpha value is -2.73. The number of esters is 1. The largest absolute Gasteiger partial charge is 0.459 e. The molecule has 5 nitrogen and oxygen atoms in total. The predicted molar refractivity (Wildman–Crippen MR) is 96.3 cm³/mol. The maximum atomic E-state index is 12.6. The molecule has 0 aromatic heterocycles. The highest BCUT2D eigenvalue weighted by molar-refractivity contribution is 7.99. The summed E-state index contributed by atoms with van der Waals surface area (Å²) in [4.78, 5) is 27.5. The van der Waals surface area contributed by atoms with Crippen LogP contribution in [-0.4, -0.2) is 25.3 Å². The molecule has 0 aliphatic carbocycles. The number of ether oxygens (including phenoxy) is 2. The van der Waals surface area contributed by atoms with Crippen molar-refractivity contribution in [2.75, 3.05) is 18.1 Å². The number of hydrogen-bond donors (Lipinski definition) is 0. The molecule has 0 saturated heterocycles. The Bertz CT molecular complexity index is 788. The molecule has 25 heavy (non-hydrogen) atoms. The number of carbonyl (C=O) groups is 2. The summed E-state index contributed by atoms with van der Waals surface area (Å²) in [7, 11) is 0. The van der Waals surface area contributed by atoms with Crippen molar-refractivity contribution < 1.29 is 19.1 Å². The van der Waals surface area contributed by atoms with Crippen molar-refractivity contribution in [1.29, 1.82) is 0 Å². The van der Waals surface area contributed by atoms with Gasteiger partial charge < -0.3 is 9.47 Å². The lowest BCUT2D eigenvalue weighted by Gasteiger charge is -2.30. The van der Waals surface area contributed by atoms with E-state index in [4.69, 9.17) is 9.47 Å². The number of anilines is 2. The van der Waals surface area contributed by atoms with Crippen molar-refractivity contribution >= 4 is 35.2 Å². The van der Waals surface area contributed by atoms with Gasteiger partial charge in [-0.05, 0) is 31.2 Å². The fraction of sp³-hybridized carbons (Fsp3) is 0.158. The van der Waals surface area contributed by atoms with Crippen LogP contribution < -0.4 is 4.90 Å². The summed E-state index contributed by atoms with van der Waals surface area (Å²) >= 11 is 1.61. The number of amides is 1. The summed E-state index contributed by atoms with van der Waals surface area (Å²) in [6.45, 7) is 5.03. The molecule has 0 unspecified atom stereocenters. The molecule has 0 spiro atoms. The monoisotopic (exact) mass is 355 g/mol. The van der Waals surface area contributed by atoms with Crippen molar-refractivity contribution in [3.63, 3.8) is 0 Å². The molecule has 0 radical (unpaired) electrons. The van der Waals surface area contributed by atoms with Gasteiger partial charge in [0.2, 0.25) is 0 Å². The molecule has 6 heteroatoms. The van der Waals surface area contributed by atoms with E-state index in [2.05, 4.69) is 6.58 Å². The maximum Gasteiger partial charge on any atom is 0.419 e. The Morgan fingerprint density at radius 3 is 2.04 bits per heavy atom. The molecule has 1 aliphatic rings. The van der Waals surface area contributed by atoms with E-state index in [1.807, 2.05) is 48.5 Å². The number of para-hydroxylation sites is 2. The first kappa shape index (κ1) is 17.1. The first-order valence-corrected chi connectivity index (χ1v) is 8.55. The summed E-state index contributed by atoms with van der Waals surface area (Å²) in [5.74, 6) is -0.499. The molecular weight excluding hydrogens is 338 g/mol. The highest BCUT2D eigenvalue weighted by atomic mass is 32.2. The fourth-order valence-corrected chi connectivity index (χ4v) is 3.41. The highest BCUT2D eigenvalue weighted by Gasteiger charge is 2.28. The topological polar surface area (TPSA) is 55.8 Å². The molecule has 0 bridgehead atoms. The lowest BCUT2D eigenvalue weighted by molar-refractivity contribution is -0.139. The zero-order valence-corrected chi connectivity index (χ0v) is 14.5. The van der Waals surface area contributed by atoms with Crippen LogP contribution in [0.3, 0.4) is 0 Å². The van der Waals surface area contributed by atoms with E-state index in [1.165, 1.54) is 0 Å². The Balaban J connectivity index is 1.74. The summed E-state index contributed by atoms with van der Waals surface area (Å²) in [6.07, 6.45) is -0.508. The van der Waals surface area contributed by atoms with Crippen molar-refractivity contribution in [3.05, 3.63) is 60.7 Å². The third-order valence-corrected chi connectivity index (χ3v) is 4.64. The van der Waals surface area contributed by atoms with E-state index in [0.29, 0.717) is 5.57 Å². The SMILES string of the molecule is C=C(C)C(=O)OCCOC(=O)N1c2ccccc2Sc2ccccc21. The summed E-state index contributed by atoms with van der Waals surface area (Å²) < 4.78 is 10.2. The summed E-state index contributed by atoms with van der Waals surface area (Å²) in [5, 5.41) is 0. The van der Waals surface area contributed by atoms with Crippen LogP contribution in [0.4, 0.5) is 16.2 Å².